The van der Waals surface area contributed by atoms with Gasteiger partial charge in [0.1, 0.15) is 5.82 Å². The van der Waals surface area contributed by atoms with E-state index in [-0.39, 0.29) is 11.6 Å². The lowest BCUT2D eigenvalue weighted by atomic mass is 9.85. The molecule has 1 heterocycles. The molecule has 1 N–H and O–H groups in total. The summed E-state index contributed by atoms with van der Waals surface area (Å²) in [7, 11) is 3.94. The number of methoxy groups -OCH3 is 1. The van der Waals surface area contributed by atoms with E-state index in [0.29, 0.717) is 0 Å². The molecular weight excluding hydrogens is 250 g/mol. The molecule has 4 heteroatoms. The standard InChI is InChI=1S/C16H29N3O/c1-4-11-17-14(15-18-12-13-19(15)2)16(20-3)9-7-5-6-8-10-16/h12-14,17H,4-11H2,1-3H3. The van der Waals surface area contributed by atoms with E-state index in [1.807, 2.05) is 19.5 Å². The monoisotopic (exact) mass is 279 g/mol. The van der Waals surface area contributed by atoms with Crippen molar-refractivity contribution in [1.29, 1.82) is 0 Å². The fraction of sp³-hybridized carbons (Fsp3) is 0.812. The molecule has 1 atom stereocenters. The molecule has 0 saturated heterocycles. The van der Waals surface area contributed by atoms with E-state index in [2.05, 4.69) is 28.8 Å². The van der Waals surface area contributed by atoms with Crippen LogP contribution < -0.4 is 5.32 Å². The lowest BCUT2D eigenvalue weighted by molar-refractivity contribution is -0.0567. The van der Waals surface area contributed by atoms with Gasteiger partial charge in [-0.05, 0) is 25.8 Å². The van der Waals surface area contributed by atoms with Crippen molar-refractivity contribution in [3.8, 4) is 0 Å². The molecule has 0 spiro atoms. The first-order valence-electron chi connectivity index (χ1n) is 7.99. The number of hydrogen-bond acceptors (Lipinski definition) is 3. The van der Waals surface area contributed by atoms with Gasteiger partial charge in [0.05, 0.1) is 11.6 Å². The van der Waals surface area contributed by atoms with Crippen LogP contribution in [0.25, 0.3) is 0 Å². The second kappa shape index (κ2) is 7.23. The zero-order valence-electron chi connectivity index (χ0n) is 13.2. The first kappa shape index (κ1) is 15.5. The van der Waals surface area contributed by atoms with Crippen LogP contribution in [0.3, 0.4) is 0 Å². The SMILES string of the molecule is CCCNC(c1nccn1C)C1(OC)CCCCCC1. The molecule has 1 aliphatic carbocycles. The van der Waals surface area contributed by atoms with Crippen LogP contribution in [-0.2, 0) is 11.8 Å². The lowest BCUT2D eigenvalue weighted by Gasteiger charge is -2.39. The van der Waals surface area contributed by atoms with Crippen LogP contribution in [0.1, 0.15) is 63.7 Å². The Labute approximate surface area is 122 Å². The van der Waals surface area contributed by atoms with Crippen LogP contribution in [0.5, 0.6) is 0 Å². The Hall–Kier alpha value is -0.870. The van der Waals surface area contributed by atoms with Crippen LogP contribution in [-0.4, -0.2) is 28.8 Å². The van der Waals surface area contributed by atoms with Crippen LogP contribution in [0.15, 0.2) is 12.4 Å². The molecule has 0 aromatic carbocycles. The molecule has 1 saturated carbocycles. The molecule has 1 aliphatic rings. The second-order valence-electron chi connectivity index (χ2n) is 5.97. The molecule has 1 aromatic heterocycles. The minimum absolute atomic E-state index is 0.106. The molecule has 4 nitrogen and oxygen atoms in total. The van der Waals surface area contributed by atoms with Gasteiger partial charge in [-0.25, -0.2) is 4.98 Å². The highest BCUT2D eigenvalue weighted by atomic mass is 16.5. The predicted octanol–water partition coefficient (Wildman–Crippen LogP) is 3.20. The normalized spacial score (nSPS) is 20.6. The molecule has 0 aliphatic heterocycles. The van der Waals surface area contributed by atoms with Gasteiger partial charge in [0.2, 0.25) is 0 Å². The predicted molar refractivity (Wildman–Crippen MR) is 81.7 cm³/mol. The van der Waals surface area contributed by atoms with Crippen LogP contribution in [0.2, 0.25) is 0 Å². The summed E-state index contributed by atoms with van der Waals surface area (Å²) in [6, 6.07) is 0.186. The molecule has 1 unspecified atom stereocenters. The summed E-state index contributed by atoms with van der Waals surface area (Å²) >= 11 is 0. The van der Waals surface area contributed by atoms with E-state index in [1.54, 1.807) is 0 Å². The first-order valence-corrected chi connectivity index (χ1v) is 7.99. The number of nitrogens with one attached hydrogen (secondary N) is 1. The van der Waals surface area contributed by atoms with E-state index in [4.69, 9.17) is 4.74 Å². The van der Waals surface area contributed by atoms with Crippen molar-refractivity contribution < 1.29 is 4.74 Å². The van der Waals surface area contributed by atoms with Crippen molar-refractivity contribution in [3.63, 3.8) is 0 Å². The van der Waals surface area contributed by atoms with Gasteiger partial charge in [-0.2, -0.15) is 0 Å². The number of aryl methyl sites for hydroxylation is 1. The third-order valence-electron chi connectivity index (χ3n) is 4.60. The molecule has 0 radical (unpaired) electrons. The van der Waals surface area contributed by atoms with Crippen molar-refractivity contribution >= 4 is 0 Å². The van der Waals surface area contributed by atoms with Crippen molar-refractivity contribution in [1.82, 2.24) is 14.9 Å². The highest BCUT2D eigenvalue weighted by Crippen LogP contribution is 2.39. The van der Waals surface area contributed by atoms with Crippen LogP contribution >= 0.6 is 0 Å². The molecule has 1 fully saturated rings. The van der Waals surface area contributed by atoms with Crippen molar-refractivity contribution in [2.24, 2.45) is 7.05 Å². The topological polar surface area (TPSA) is 39.1 Å². The average Bonchev–Trinajstić information content (AvgIpc) is 2.75. The Kier molecular flexibility index (Phi) is 5.61. The summed E-state index contributed by atoms with van der Waals surface area (Å²) < 4.78 is 8.20. The van der Waals surface area contributed by atoms with E-state index in [9.17, 15) is 0 Å². The summed E-state index contributed by atoms with van der Waals surface area (Å²) in [5.74, 6) is 1.10. The number of hydrogen-bond donors (Lipinski definition) is 1. The quantitative estimate of drug-likeness (QED) is 0.813. The summed E-state index contributed by atoms with van der Waals surface area (Å²) in [5, 5.41) is 3.69. The Balaban J connectivity index is 2.29. The van der Waals surface area contributed by atoms with Gasteiger partial charge in [-0.3, -0.25) is 0 Å². The van der Waals surface area contributed by atoms with E-state index >= 15 is 0 Å². The molecule has 2 rings (SSSR count). The highest BCUT2D eigenvalue weighted by molar-refractivity contribution is 5.08. The van der Waals surface area contributed by atoms with E-state index in [0.717, 1.165) is 31.6 Å². The summed E-state index contributed by atoms with van der Waals surface area (Å²) in [6.07, 6.45) is 12.4. The molecule has 1 aromatic rings. The largest absolute Gasteiger partial charge is 0.376 e. The van der Waals surface area contributed by atoms with Gasteiger partial charge in [-0.15, -0.1) is 0 Å². The number of imidazole rings is 1. The zero-order valence-corrected chi connectivity index (χ0v) is 13.2. The van der Waals surface area contributed by atoms with Gasteiger partial charge < -0.3 is 14.6 Å². The smallest absolute Gasteiger partial charge is 0.128 e. The zero-order chi connectivity index (χ0) is 14.4. The third-order valence-corrected chi connectivity index (χ3v) is 4.60. The van der Waals surface area contributed by atoms with Crippen molar-refractivity contribution in [2.75, 3.05) is 13.7 Å². The molecule has 0 amide bonds. The number of nitrogens with zero attached hydrogens (tertiary/aromatic N) is 2. The van der Waals surface area contributed by atoms with Crippen molar-refractivity contribution in [2.45, 2.75) is 63.5 Å². The Morgan fingerprint density at radius 2 is 2.05 bits per heavy atom. The fourth-order valence-electron chi connectivity index (χ4n) is 3.39. The molecule has 20 heavy (non-hydrogen) atoms. The highest BCUT2D eigenvalue weighted by Gasteiger charge is 2.41. The van der Waals surface area contributed by atoms with Gasteiger partial charge in [-0.1, -0.05) is 32.6 Å². The Morgan fingerprint density at radius 3 is 2.55 bits per heavy atom. The number of rotatable bonds is 6. The second-order valence-corrected chi connectivity index (χ2v) is 5.97. The summed E-state index contributed by atoms with van der Waals surface area (Å²) in [4.78, 5) is 4.59. The maximum atomic E-state index is 6.08. The minimum Gasteiger partial charge on any atom is -0.376 e. The number of aromatic nitrogens is 2. The molecule has 0 bridgehead atoms. The van der Waals surface area contributed by atoms with E-state index < -0.39 is 0 Å². The summed E-state index contributed by atoms with van der Waals surface area (Å²) in [5.41, 5.74) is -0.106. The Bertz CT molecular complexity index is 394. The number of ether oxygens (including phenoxy) is 1. The van der Waals surface area contributed by atoms with Gasteiger partial charge in [0.25, 0.3) is 0 Å². The third kappa shape index (κ3) is 3.23. The maximum absolute atomic E-state index is 6.08. The van der Waals surface area contributed by atoms with Gasteiger partial charge in [0, 0.05) is 26.6 Å². The average molecular weight is 279 g/mol. The van der Waals surface area contributed by atoms with Gasteiger partial charge in [0.15, 0.2) is 0 Å². The minimum atomic E-state index is -0.106. The van der Waals surface area contributed by atoms with Gasteiger partial charge >= 0.3 is 0 Å². The van der Waals surface area contributed by atoms with Crippen LogP contribution in [0, 0.1) is 0 Å². The molecule has 114 valence electrons. The lowest BCUT2D eigenvalue weighted by Crippen LogP contribution is -2.46. The Morgan fingerprint density at radius 1 is 1.35 bits per heavy atom. The maximum Gasteiger partial charge on any atom is 0.128 e. The summed E-state index contributed by atoms with van der Waals surface area (Å²) in [6.45, 7) is 3.21. The fourth-order valence-corrected chi connectivity index (χ4v) is 3.39. The van der Waals surface area contributed by atoms with Crippen molar-refractivity contribution in [3.05, 3.63) is 18.2 Å². The van der Waals surface area contributed by atoms with E-state index in [1.165, 1.54) is 25.7 Å². The van der Waals surface area contributed by atoms with Crippen LogP contribution in [0.4, 0.5) is 0 Å². The first-order chi connectivity index (χ1) is 9.73. The molecular formula is C16H29N3O.